The van der Waals surface area contributed by atoms with Gasteiger partial charge in [0.15, 0.2) is 12.0 Å². The van der Waals surface area contributed by atoms with Gasteiger partial charge in [-0.1, -0.05) is 30.3 Å². The minimum Gasteiger partial charge on any atom is -0.494 e. The second kappa shape index (κ2) is 21.7. The Kier molecular flexibility index (Phi) is 16.2. The van der Waals surface area contributed by atoms with Gasteiger partial charge in [0, 0.05) is 75.4 Å². The van der Waals surface area contributed by atoms with Crippen LogP contribution in [-0.4, -0.2) is 129 Å². The van der Waals surface area contributed by atoms with E-state index in [1.165, 1.54) is 22.5 Å². The van der Waals surface area contributed by atoms with Gasteiger partial charge in [-0.3, -0.25) is 14.2 Å². The van der Waals surface area contributed by atoms with Gasteiger partial charge in [0.1, 0.15) is 29.7 Å². The minimum atomic E-state index is -1.35. The number of carboxylic acids is 1. The SMILES string of the molecule is CC(OC(=O)NCCOCCn1c(O)cc(SCC(N)C(=O)O)c1O)C(=O)N(CC1CNCC1F)C(c1nc(-c2cc(F)ccc2F)cn1Cc1ccccc1)C1CCOCC1. The van der Waals surface area contributed by atoms with E-state index in [1.54, 1.807) is 6.20 Å². The van der Waals surface area contributed by atoms with Crippen LogP contribution in [0.1, 0.15) is 37.2 Å². The van der Waals surface area contributed by atoms with Crippen LogP contribution in [0.15, 0.2) is 65.7 Å². The molecule has 336 valence electrons. The van der Waals surface area contributed by atoms with Gasteiger partial charge in [-0.25, -0.2) is 22.9 Å². The van der Waals surface area contributed by atoms with Crippen molar-refractivity contribution in [2.75, 3.05) is 58.4 Å². The second-order valence-corrected chi connectivity index (χ2v) is 16.3. The number of nitrogens with zero attached hydrogens (tertiary/aromatic N) is 4. The van der Waals surface area contributed by atoms with Gasteiger partial charge in [-0.05, 0) is 49.4 Å². The first-order valence-electron chi connectivity index (χ1n) is 20.3. The van der Waals surface area contributed by atoms with Gasteiger partial charge in [-0.2, -0.15) is 0 Å². The molecule has 0 saturated carbocycles. The van der Waals surface area contributed by atoms with Crippen molar-refractivity contribution in [3.8, 4) is 23.0 Å². The largest absolute Gasteiger partial charge is 0.494 e. The van der Waals surface area contributed by atoms with Gasteiger partial charge >= 0.3 is 12.1 Å². The highest BCUT2D eigenvalue weighted by Gasteiger charge is 2.42. The zero-order valence-corrected chi connectivity index (χ0v) is 34.9. The summed E-state index contributed by atoms with van der Waals surface area (Å²) in [5.41, 5.74) is 6.49. The van der Waals surface area contributed by atoms with E-state index in [-0.39, 0.29) is 85.5 Å². The van der Waals surface area contributed by atoms with Crippen LogP contribution in [0.2, 0.25) is 0 Å². The molecule has 4 aromatic rings. The lowest BCUT2D eigenvalue weighted by Gasteiger charge is -2.40. The molecule has 0 bridgehead atoms. The topological polar surface area (TPSA) is 216 Å². The standard InChI is InChI=1S/C42H52F3N7O9S/c1-25(61-42(58)48-11-15-60-16-12-51-36(53)18-35(40(51)55)62-24-33(46)41(56)57)39(54)52(22-28-19-47-20-32(28)45)37(27-9-13-59-14-10-27)38-49-34(30-17-29(43)7-8-31(30)44)23-50(38)21-26-5-3-2-4-6-26/h2-8,17-18,23,25,27-28,32-33,37,47,53,55H,9-16,19-22,24,46H2,1H3,(H,48,58)(H,56,57). The maximum absolute atomic E-state index is 15.4. The van der Waals surface area contributed by atoms with Crippen molar-refractivity contribution in [2.45, 2.75) is 62.1 Å². The Morgan fingerprint density at radius 3 is 2.56 bits per heavy atom. The monoisotopic (exact) mass is 887 g/mol. The number of hydrogen-bond donors (Lipinski definition) is 6. The lowest BCUT2D eigenvalue weighted by molar-refractivity contribution is -0.145. The highest BCUT2D eigenvalue weighted by molar-refractivity contribution is 7.99. The maximum atomic E-state index is 15.4. The predicted molar refractivity (Wildman–Crippen MR) is 221 cm³/mol. The number of benzene rings is 2. The molecule has 0 aliphatic carbocycles. The van der Waals surface area contributed by atoms with Gasteiger partial charge < -0.3 is 55.4 Å². The average molecular weight is 888 g/mol. The number of imidazole rings is 1. The van der Waals surface area contributed by atoms with Gasteiger partial charge in [-0.15, -0.1) is 11.8 Å². The molecule has 2 fully saturated rings. The first-order valence-corrected chi connectivity index (χ1v) is 21.3. The molecule has 2 saturated heterocycles. The molecule has 5 atom stereocenters. The fourth-order valence-corrected chi connectivity index (χ4v) is 8.48. The number of aromatic nitrogens is 3. The highest BCUT2D eigenvalue weighted by Crippen LogP contribution is 2.39. The summed E-state index contributed by atoms with van der Waals surface area (Å²) in [6.45, 7) is 2.84. The first kappa shape index (κ1) is 46.2. The van der Waals surface area contributed by atoms with Crippen molar-refractivity contribution < 1.29 is 57.1 Å². The number of amides is 2. The van der Waals surface area contributed by atoms with Gasteiger partial charge in [0.25, 0.3) is 5.91 Å². The van der Waals surface area contributed by atoms with E-state index in [4.69, 9.17) is 30.0 Å². The third-order valence-electron chi connectivity index (χ3n) is 10.8. The molecule has 2 aromatic carbocycles. The van der Waals surface area contributed by atoms with Crippen molar-refractivity contribution in [2.24, 2.45) is 17.6 Å². The van der Waals surface area contributed by atoms with Crippen molar-refractivity contribution >= 4 is 29.7 Å². The zero-order valence-electron chi connectivity index (χ0n) is 34.1. The summed E-state index contributed by atoms with van der Waals surface area (Å²) in [7, 11) is 0. The van der Waals surface area contributed by atoms with E-state index in [0.717, 1.165) is 35.5 Å². The molecule has 62 heavy (non-hydrogen) atoms. The molecule has 2 amide bonds. The quantitative estimate of drug-likeness (QED) is 0.0541. The summed E-state index contributed by atoms with van der Waals surface area (Å²) in [6.07, 6.45) is -0.880. The molecule has 6 rings (SSSR count). The van der Waals surface area contributed by atoms with Crippen LogP contribution >= 0.6 is 11.8 Å². The van der Waals surface area contributed by atoms with Gasteiger partial charge in [0.2, 0.25) is 5.88 Å². The number of hydrogen-bond acceptors (Lipinski definition) is 12. The molecule has 7 N–H and O–H groups in total. The zero-order chi connectivity index (χ0) is 44.3. The molecular weight excluding hydrogens is 836 g/mol. The van der Waals surface area contributed by atoms with Crippen LogP contribution in [0.3, 0.4) is 0 Å². The lowest BCUT2D eigenvalue weighted by atomic mass is 9.88. The summed E-state index contributed by atoms with van der Waals surface area (Å²) in [6, 6.07) is 11.9. The van der Waals surface area contributed by atoms with Crippen molar-refractivity contribution in [1.82, 2.24) is 29.7 Å². The van der Waals surface area contributed by atoms with Crippen molar-refractivity contribution in [3.63, 3.8) is 0 Å². The number of ether oxygens (including phenoxy) is 3. The van der Waals surface area contributed by atoms with E-state index in [9.17, 15) is 29.0 Å². The van der Waals surface area contributed by atoms with Crippen LogP contribution in [0, 0.1) is 23.5 Å². The summed E-state index contributed by atoms with van der Waals surface area (Å²) in [4.78, 5) is 45.4. The number of aromatic hydroxyl groups is 2. The lowest BCUT2D eigenvalue weighted by Crippen LogP contribution is -2.49. The number of carbonyl (C=O) groups is 3. The van der Waals surface area contributed by atoms with Crippen LogP contribution in [0.25, 0.3) is 11.3 Å². The molecule has 2 aliphatic heterocycles. The fourth-order valence-electron chi connectivity index (χ4n) is 7.55. The molecule has 2 aromatic heterocycles. The number of halogens is 3. The Morgan fingerprint density at radius 1 is 1.10 bits per heavy atom. The third kappa shape index (κ3) is 11.8. The Hall–Kier alpha value is -5.28. The average Bonchev–Trinajstić information content (AvgIpc) is 3.94. The molecule has 5 unspecified atom stereocenters. The number of thioether (sulfide) groups is 1. The molecular formula is C42H52F3N7O9S. The van der Waals surface area contributed by atoms with Crippen LogP contribution in [0.4, 0.5) is 18.0 Å². The minimum absolute atomic E-state index is 0.00186. The first-order chi connectivity index (χ1) is 29.8. The van der Waals surface area contributed by atoms with Crippen LogP contribution in [0.5, 0.6) is 11.8 Å². The van der Waals surface area contributed by atoms with E-state index in [2.05, 4.69) is 10.6 Å². The number of aliphatic carboxylic acids is 1. The van der Waals surface area contributed by atoms with Crippen LogP contribution in [-0.2, 0) is 36.9 Å². The number of alkyl halides is 1. The Balaban J connectivity index is 1.17. The van der Waals surface area contributed by atoms with Gasteiger partial charge in [0.05, 0.1) is 36.4 Å². The second-order valence-electron chi connectivity index (χ2n) is 15.2. The number of carboxylic acid groups (broad SMARTS) is 1. The smallest absolute Gasteiger partial charge is 0.407 e. The molecule has 0 spiro atoms. The van der Waals surface area contributed by atoms with Crippen LogP contribution < -0.4 is 16.4 Å². The summed E-state index contributed by atoms with van der Waals surface area (Å²) >= 11 is 0.976. The highest BCUT2D eigenvalue weighted by atomic mass is 32.2. The van der Waals surface area contributed by atoms with E-state index in [1.807, 2.05) is 34.9 Å². The normalized spacial score (nSPS) is 18.3. The van der Waals surface area contributed by atoms with Crippen molar-refractivity contribution in [1.29, 1.82) is 0 Å². The van der Waals surface area contributed by atoms with E-state index in [0.29, 0.717) is 38.4 Å². The van der Waals surface area contributed by atoms with E-state index < -0.39 is 59.9 Å². The molecule has 0 radical (unpaired) electrons. The summed E-state index contributed by atoms with van der Waals surface area (Å²) in [5, 5.41) is 35.3. The Labute approximate surface area is 360 Å². The fraction of sp³-hybridized carbons (Fsp3) is 0.476. The summed E-state index contributed by atoms with van der Waals surface area (Å²) in [5.74, 6) is -4.19. The number of nitrogens with one attached hydrogen (secondary N) is 2. The molecule has 4 heterocycles. The summed E-state index contributed by atoms with van der Waals surface area (Å²) < 4.78 is 65.0. The number of nitrogens with two attached hydrogens (primary N) is 1. The predicted octanol–water partition coefficient (Wildman–Crippen LogP) is 4.28. The Morgan fingerprint density at radius 2 is 1.85 bits per heavy atom. The number of rotatable bonds is 20. The maximum Gasteiger partial charge on any atom is 0.407 e. The molecule has 16 nitrogen and oxygen atoms in total. The third-order valence-corrected chi connectivity index (χ3v) is 12.0. The number of carbonyl (C=O) groups excluding carboxylic acids is 2. The molecule has 20 heteroatoms. The Bertz CT molecular complexity index is 2140. The molecule has 2 aliphatic rings. The van der Waals surface area contributed by atoms with Crippen molar-refractivity contribution in [3.05, 3.63) is 83.8 Å². The number of alkyl carbamates (subject to hydrolysis) is 1. The van der Waals surface area contributed by atoms with E-state index >= 15 is 8.78 Å².